The number of Topliss-reactive ketones (excluding diaryl/α,β-unsaturated/α-hetero) is 1. The van der Waals surface area contributed by atoms with Gasteiger partial charge in [-0.3, -0.25) is 14.5 Å². The van der Waals surface area contributed by atoms with Gasteiger partial charge in [0.05, 0.1) is 29.8 Å². The van der Waals surface area contributed by atoms with E-state index < -0.39 is 17.8 Å². The van der Waals surface area contributed by atoms with Gasteiger partial charge in [-0.2, -0.15) is 0 Å². The number of methoxy groups -OCH3 is 2. The minimum atomic E-state index is -0.958. The molecule has 1 aliphatic rings. The number of nitrogens with two attached hydrogens (primary N) is 1. The van der Waals surface area contributed by atoms with Gasteiger partial charge in [0.1, 0.15) is 18.4 Å². The maximum atomic E-state index is 13.4. The standard InChI is InChI=1S/C25H50N2O5.C8H17NO2.C4H6O2/c1-10-23(30-8)25(6,32-18-28)22(27(7)14-12-11-13-26)15-21(29)20(4)17-24(5,31-9)16-19(2)3;1-6-4-7(9(2)3)5-8(10)11-6;1-4(2-5)3-6/h18-20,22-23H,10-17,26H2,1-9H3;6-8,10H,4-5H2,1-3H3;2-4H,1H3/t20-,22?,23?,24+,25+;;/m1../s1. The van der Waals surface area contributed by atoms with Crippen LogP contribution in [-0.4, -0.2) is 130 Å². The van der Waals surface area contributed by atoms with Gasteiger partial charge in [0.25, 0.3) is 6.47 Å². The number of ketones is 1. The number of aliphatic hydroxyl groups is 1. The second kappa shape index (κ2) is 26.0. The molecule has 3 N–H and O–H groups in total. The Labute approximate surface area is 298 Å². The molecular weight excluding hydrogens is 630 g/mol. The number of aldehydes is 2. The highest BCUT2D eigenvalue weighted by molar-refractivity contribution is 5.81. The van der Waals surface area contributed by atoms with Crippen LogP contribution in [0.3, 0.4) is 0 Å². The summed E-state index contributed by atoms with van der Waals surface area (Å²) in [4.78, 5) is 48.2. The summed E-state index contributed by atoms with van der Waals surface area (Å²) in [6.07, 6.45) is 6.52. The van der Waals surface area contributed by atoms with E-state index in [2.05, 4.69) is 30.6 Å². The molecule has 0 bridgehead atoms. The molecular formula is C37H73N3O9. The van der Waals surface area contributed by atoms with Gasteiger partial charge in [0.15, 0.2) is 11.9 Å². The minimum Gasteiger partial charge on any atom is -0.457 e. The predicted octanol–water partition coefficient (Wildman–Crippen LogP) is 4.27. The molecule has 0 aliphatic carbocycles. The highest BCUT2D eigenvalue weighted by Crippen LogP contribution is 2.33. The Morgan fingerprint density at radius 2 is 1.61 bits per heavy atom. The minimum absolute atomic E-state index is 0.138. The van der Waals surface area contributed by atoms with Crippen molar-refractivity contribution in [3.8, 4) is 0 Å². The molecule has 8 atom stereocenters. The van der Waals surface area contributed by atoms with Crippen molar-refractivity contribution in [1.82, 2.24) is 9.80 Å². The van der Waals surface area contributed by atoms with Crippen molar-refractivity contribution < 1.29 is 43.2 Å². The summed E-state index contributed by atoms with van der Waals surface area (Å²) >= 11 is 0. The molecule has 1 aliphatic heterocycles. The first-order valence-electron chi connectivity index (χ1n) is 17.9. The predicted molar refractivity (Wildman–Crippen MR) is 194 cm³/mol. The van der Waals surface area contributed by atoms with E-state index in [1.165, 1.54) is 0 Å². The average Bonchev–Trinajstić information content (AvgIpc) is 3.03. The zero-order valence-corrected chi connectivity index (χ0v) is 33.1. The summed E-state index contributed by atoms with van der Waals surface area (Å²) in [7, 11) is 9.39. The first kappa shape index (κ1) is 49.3. The Morgan fingerprint density at radius 3 is 2.00 bits per heavy atom. The fourth-order valence-electron chi connectivity index (χ4n) is 6.55. The van der Waals surface area contributed by atoms with Gasteiger partial charge in [-0.15, -0.1) is 0 Å². The molecule has 0 aromatic carbocycles. The number of unbranched alkanes of at least 4 members (excludes halogenated alkanes) is 1. The lowest BCUT2D eigenvalue weighted by Crippen LogP contribution is -2.59. The van der Waals surface area contributed by atoms with Crippen molar-refractivity contribution in [2.75, 3.05) is 48.5 Å². The molecule has 0 spiro atoms. The number of hydrogen-bond donors (Lipinski definition) is 2. The lowest BCUT2D eigenvalue weighted by atomic mass is 9.79. The summed E-state index contributed by atoms with van der Waals surface area (Å²) in [6, 6.07) is 0.151. The maximum absolute atomic E-state index is 13.4. The van der Waals surface area contributed by atoms with Crippen molar-refractivity contribution in [2.45, 2.75) is 149 Å². The third kappa shape index (κ3) is 19.4. The molecule has 1 heterocycles. The summed E-state index contributed by atoms with van der Waals surface area (Å²) in [6.45, 7) is 17.6. The quantitative estimate of drug-likeness (QED) is 0.0939. The molecule has 5 unspecified atom stereocenters. The van der Waals surface area contributed by atoms with E-state index in [9.17, 15) is 24.3 Å². The topological polar surface area (TPSA) is 158 Å². The Kier molecular flexibility index (Phi) is 26.2. The van der Waals surface area contributed by atoms with Gasteiger partial charge < -0.3 is 44.3 Å². The molecule has 0 aromatic heterocycles. The van der Waals surface area contributed by atoms with Crippen molar-refractivity contribution in [1.29, 1.82) is 0 Å². The molecule has 290 valence electrons. The third-order valence-corrected chi connectivity index (χ3v) is 9.40. The molecule has 1 rings (SSSR count). The molecule has 0 aromatic rings. The highest BCUT2D eigenvalue weighted by atomic mass is 16.6. The zero-order valence-electron chi connectivity index (χ0n) is 33.1. The Balaban J connectivity index is 0. The molecule has 49 heavy (non-hydrogen) atoms. The smallest absolute Gasteiger partial charge is 0.293 e. The van der Waals surface area contributed by atoms with Crippen LogP contribution in [-0.2, 0) is 38.1 Å². The fourth-order valence-corrected chi connectivity index (χ4v) is 6.55. The number of carbonyl (C=O) groups is 4. The Hall–Kier alpha value is -1.80. The maximum Gasteiger partial charge on any atom is 0.293 e. The highest BCUT2D eigenvalue weighted by Gasteiger charge is 2.46. The molecule has 0 radical (unpaired) electrons. The summed E-state index contributed by atoms with van der Waals surface area (Å²) in [5.74, 6) is 0.00566. The SMILES string of the molecule is CC(C=O)C=O.CC1CC(N(C)C)CC(O)O1.CCC(OC)[C@@](C)(OC=O)C(CC(=O)[C@H](C)C[C@](C)(CC(C)C)OC)N(C)CCCCN. The fraction of sp³-hybridized carbons (Fsp3) is 0.892. The first-order chi connectivity index (χ1) is 22.8. The van der Waals surface area contributed by atoms with Crippen LogP contribution < -0.4 is 5.73 Å². The number of likely N-dealkylation sites (N-methyl/N-ethyl adjacent to an activating group) is 1. The van der Waals surface area contributed by atoms with E-state index in [-0.39, 0.29) is 42.0 Å². The van der Waals surface area contributed by atoms with E-state index in [1.54, 1.807) is 21.1 Å². The molecule has 0 amide bonds. The molecule has 12 heteroatoms. The lowest BCUT2D eigenvalue weighted by molar-refractivity contribution is -0.175. The van der Waals surface area contributed by atoms with Gasteiger partial charge in [0.2, 0.25) is 0 Å². The van der Waals surface area contributed by atoms with Gasteiger partial charge in [-0.1, -0.05) is 27.7 Å². The largest absolute Gasteiger partial charge is 0.457 e. The van der Waals surface area contributed by atoms with Crippen LogP contribution in [0.4, 0.5) is 0 Å². The molecule has 1 fully saturated rings. The van der Waals surface area contributed by atoms with Crippen molar-refractivity contribution in [2.24, 2.45) is 23.5 Å². The van der Waals surface area contributed by atoms with Crippen LogP contribution in [0, 0.1) is 17.8 Å². The van der Waals surface area contributed by atoms with Crippen LogP contribution in [0.1, 0.15) is 107 Å². The van der Waals surface area contributed by atoms with E-state index >= 15 is 0 Å². The van der Waals surface area contributed by atoms with Gasteiger partial charge in [-0.25, -0.2) is 0 Å². The number of nitrogens with zero attached hydrogens (tertiary/aromatic N) is 2. The second-order valence-electron chi connectivity index (χ2n) is 14.7. The van der Waals surface area contributed by atoms with Crippen LogP contribution in [0.2, 0.25) is 0 Å². The molecule has 1 saturated heterocycles. The van der Waals surface area contributed by atoms with Crippen molar-refractivity contribution in [3.63, 3.8) is 0 Å². The Bertz CT molecular complexity index is 886. The van der Waals surface area contributed by atoms with Crippen LogP contribution >= 0.6 is 0 Å². The Morgan fingerprint density at radius 1 is 1.02 bits per heavy atom. The number of carbonyl (C=O) groups excluding carboxylic acids is 4. The van der Waals surface area contributed by atoms with E-state index in [0.29, 0.717) is 50.4 Å². The third-order valence-electron chi connectivity index (χ3n) is 9.40. The van der Waals surface area contributed by atoms with E-state index in [0.717, 1.165) is 38.6 Å². The van der Waals surface area contributed by atoms with Crippen LogP contribution in [0.15, 0.2) is 0 Å². The van der Waals surface area contributed by atoms with Gasteiger partial charge in [-0.05, 0) is 106 Å². The van der Waals surface area contributed by atoms with Crippen molar-refractivity contribution in [3.05, 3.63) is 0 Å². The number of rotatable bonds is 22. The average molecular weight is 704 g/mol. The van der Waals surface area contributed by atoms with Crippen LogP contribution in [0.5, 0.6) is 0 Å². The van der Waals surface area contributed by atoms with Crippen molar-refractivity contribution >= 4 is 24.8 Å². The van der Waals surface area contributed by atoms with Crippen LogP contribution in [0.25, 0.3) is 0 Å². The van der Waals surface area contributed by atoms with E-state index in [1.807, 2.05) is 48.8 Å². The molecule has 0 saturated carbocycles. The number of hydrogen-bond acceptors (Lipinski definition) is 12. The van der Waals surface area contributed by atoms with Gasteiger partial charge in [0, 0.05) is 39.0 Å². The number of ether oxygens (including phenoxy) is 4. The second-order valence-corrected chi connectivity index (χ2v) is 14.7. The van der Waals surface area contributed by atoms with Gasteiger partial charge >= 0.3 is 0 Å². The normalized spacial score (nSPS) is 22.1. The van der Waals surface area contributed by atoms with E-state index in [4.69, 9.17) is 24.7 Å². The zero-order chi connectivity index (χ0) is 38.4. The first-order valence-corrected chi connectivity index (χ1v) is 17.9. The monoisotopic (exact) mass is 704 g/mol. The number of aliphatic hydroxyl groups excluding tert-OH is 1. The summed E-state index contributed by atoms with van der Waals surface area (Å²) in [5, 5.41) is 9.25. The molecule has 12 nitrogen and oxygen atoms in total. The summed E-state index contributed by atoms with van der Waals surface area (Å²) in [5.41, 5.74) is 4.35. The summed E-state index contributed by atoms with van der Waals surface area (Å²) < 4.78 is 22.4. The lowest BCUT2D eigenvalue weighted by Gasteiger charge is -2.45.